The van der Waals surface area contributed by atoms with Crippen molar-refractivity contribution < 1.29 is 0 Å². The molecule has 2 rings (SSSR count). The number of nitrogens with one attached hydrogen (secondary N) is 1. The lowest BCUT2D eigenvalue weighted by Crippen LogP contribution is -2.10. The summed E-state index contributed by atoms with van der Waals surface area (Å²) in [5.74, 6) is 1.63. The highest BCUT2D eigenvalue weighted by Gasteiger charge is 2.11. The van der Waals surface area contributed by atoms with E-state index in [1.54, 1.807) is 0 Å². The van der Waals surface area contributed by atoms with Crippen molar-refractivity contribution >= 4 is 11.8 Å². The zero-order valence-electron chi connectivity index (χ0n) is 13.5. The lowest BCUT2D eigenvalue weighted by Gasteiger charge is -2.15. The normalized spacial score (nSPS) is 12.1. The standard InChI is InChI=1S/C18H26N4/c1-3-4-8-11-20-17-16(13-21-18(19)22-17)12-14(2)15-9-6-5-7-10-15/h5-7,9-10,13-14H,3-4,8,11-12H2,1-2H3,(H3,19,20,21,22). The van der Waals surface area contributed by atoms with Crippen molar-refractivity contribution in [2.45, 2.75) is 45.4 Å². The summed E-state index contributed by atoms with van der Waals surface area (Å²) in [4.78, 5) is 8.53. The molecule has 1 aromatic carbocycles. The molecule has 2 aromatic rings. The zero-order valence-corrected chi connectivity index (χ0v) is 13.5. The maximum absolute atomic E-state index is 5.74. The summed E-state index contributed by atoms with van der Waals surface area (Å²) in [6.07, 6.45) is 6.34. The van der Waals surface area contributed by atoms with Crippen LogP contribution in [0.1, 0.15) is 50.2 Å². The Labute approximate surface area is 133 Å². The van der Waals surface area contributed by atoms with E-state index in [-0.39, 0.29) is 0 Å². The minimum atomic E-state index is 0.328. The molecule has 3 N–H and O–H groups in total. The summed E-state index contributed by atoms with van der Waals surface area (Å²) in [5, 5.41) is 3.41. The molecule has 0 spiro atoms. The topological polar surface area (TPSA) is 63.8 Å². The third-order valence-electron chi connectivity index (χ3n) is 3.85. The molecule has 0 radical (unpaired) electrons. The van der Waals surface area contributed by atoms with Crippen molar-refractivity contribution in [3.05, 3.63) is 47.7 Å². The summed E-state index contributed by atoms with van der Waals surface area (Å²) in [6.45, 7) is 5.36. The Morgan fingerprint density at radius 1 is 1.18 bits per heavy atom. The molecule has 0 aliphatic rings. The molecule has 0 fully saturated rings. The number of anilines is 2. The summed E-state index contributed by atoms with van der Waals surface area (Å²) in [6, 6.07) is 10.5. The molecule has 0 aliphatic carbocycles. The minimum absolute atomic E-state index is 0.328. The maximum atomic E-state index is 5.74. The van der Waals surface area contributed by atoms with E-state index in [4.69, 9.17) is 5.73 Å². The van der Waals surface area contributed by atoms with Gasteiger partial charge in [0.1, 0.15) is 5.82 Å². The summed E-state index contributed by atoms with van der Waals surface area (Å²) in [5.41, 5.74) is 8.19. The summed E-state index contributed by atoms with van der Waals surface area (Å²) >= 11 is 0. The first-order valence-electron chi connectivity index (χ1n) is 8.11. The number of hydrogen-bond acceptors (Lipinski definition) is 4. The molecule has 0 aliphatic heterocycles. The molecular formula is C18H26N4. The molecule has 1 unspecified atom stereocenters. The van der Waals surface area contributed by atoms with Crippen molar-refractivity contribution in [3.63, 3.8) is 0 Å². The van der Waals surface area contributed by atoms with Crippen LogP contribution in [0.5, 0.6) is 0 Å². The Kier molecular flexibility index (Phi) is 6.19. The van der Waals surface area contributed by atoms with Gasteiger partial charge in [-0.05, 0) is 24.3 Å². The zero-order chi connectivity index (χ0) is 15.8. The van der Waals surface area contributed by atoms with Gasteiger partial charge in [-0.15, -0.1) is 0 Å². The molecule has 0 saturated carbocycles. The number of benzene rings is 1. The number of unbranched alkanes of at least 4 members (excludes halogenated alkanes) is 2. The van der Waals surface area contributed by atoms with E-state index in [1.165, 1.54) is 18.4 Å². The van der Waals surface area contributed by atoms with Gasteiger partial charge in [0.25, 0.3) is 0 Å². The van der Waals surface area contributed by atoms with E-state index in [9.17, 15) is 0 Å². The quantitative estimate of drug-likeness (QED) is 0.723. The molecule has 4 nitrogen and oxygen atoms in total. The molecule has 0 amide bonds. The highest BCUT2D eigenvalue weighted by atomic mass is 15.1. The number of nitrogen functional groups attached to an aromatic ring is 1. The molecule has 1 aromatic heterocycles. The van der Waals surface area contributed by atoms with Gasteiger partial charge in [-0.2, -0.15) is 4.98 Å². The van der Waals surface area contributed by atoms with Gasteiger partial charge in [0.15, 0.2) is 0 Å². The molecule has 4 heteroatoms. The van der Waals surface area contributed by atoms with Crippen molar-refractivity contribution in [2.24, 2.45) is 0 Å². The van der Waals surface area contributed by atoms with Gasteiger partial charge in [0.2, 0.25) is 5.95 Å². The van der Waals surface area contributed by atoms with Crippen LogP contribution in [0.15, 0.2) is 36.5 Å². The molecule has 0 bridgehead atoms. The first kappa shape index (κ1) is 16.3. The van der Waals surface area contributed by atoms with Gasteiger partial charge < -0.3 is 11.1 Å². The van der Waals surface area contributed by atoms with Crippen molar-refractivity contribution in [2.75, 3.05) is 17.6 Å². The first-order chi connectivity index (χ1) is 10.7. The van der Waals surface area contributed by atoms with E-state index in [0.717, 1.165) is 30.8 Å². The van der Waals surface area contributed by atoms with Crippen LogP contribution in [-0.4, -0.2) is 16.5 Å². The van der Waals surface area contributed by atoms with Crippen LogP contribution in [0, 0.1) is 0 Å². The van der Waals surface area contributed by atoms with E-state index in [0.29, 0.717) is 11.9 Å². The van der Waals surface area contributed by atoms with Crippen molar-refractivity contribution in [1.82, 2.24) is 9.97 Å². The van der Waals surface area contributed by atoms with Crippen LogP contribution >= 0.6 is 0 Å². The number of rotatable bonds is 8. The van der Waals surface area contributed by atoms with Crippen LogP contribution in [-0.2, 0) is 6.42 Å². The fraction of sp³-hybridized carbons (Fsp3) is 0.444. The molecule has 118 valence electrons. The second-order valence-corrected chi connectivity index (χ2v) is 5.75. The maximum Gasteiger partial charge on any atom is 0.221 e. The number of nitrogens with zero attached hydrogens (tertiary/aromatic N) is 2. The Hall–Kier alpha value is -2.10. The van der Waals surface area contributed by atoms with Crippen LogP contribution in [0.25, 0.3) is 0 Å². The largest absolute Gasteiger partial charge is 0.370 e. The van der Waals surface area contributed by atoms with Crippen molar-refractivity contribution in [3.8, 4) is 0 Å². The Morgan fingerprint density at radius 3 is 2.68 bits per heavy atom. The van der Waals surface area contributed by atoms with Gasteiger partial charge >= 0.3 is 0 Å². The highest BCUT2D eigenvalue weighted by molar-refractivity contribution is 5.46. The fourth-order valence-corrected chi connectivity index (χ4v) is 2.53. The average Bonchev–Trinajstić information content (AvgIpc) is 2.54. The van der Waals surface area contributed by atoms with E-state index in [2.05, 4.69) is 53.4 Å². The van der Waals surface area contributed by atoms with Gasteiger partial charge in [-0.1, -0.05) is 57.0 Å². The summed E-state index contributed by atoms with van der Waals surface area (Å²) in [7, 11) is 0. The van der Waals surface area contributed by atoms with Gasteiger partial charge in [0.05, 0.1) is 0 Å². The second kappa shape index (κ2) is 8.37. The second-order valence-electron chi connectivity index (χ2n) is 5.75. The molecule has 1 heterocycles. The Morgan fingerprint density at radius 2 is 1.95 bits per heavy atom. The van der Waals surface area contributed by atoms with Crippen LogP contribution < -0.4 is 11.1 Å². The predicted octanol–water partition coefficient (Wildman–Crippen LogP) is 4.01. The van der Waals surface area contributed by atoms with Gasteiger partial charge in [-0.25, -0.2) is 4.98 Å². The SMILES string of the molecule is CCCCCNc1nc(N)ncc1CC(C)c1ccccc1. The fourth-order valence-electron chi connectivity index (χ4n) is 2.53. The van der Waals surface area contributed by atoms with Gasteiger partial charge in [-0.3, -0.25) is 0 Å². The van der Waals surface area contributed by atoms with E-state index in [1.807, 2.05) is 12.3 Å². The number of aromatic nitrogens is 2. The highest BCUT2D eigenvalue weighted by Crippen LogP contribution is 2.23. The third-order valence-corrected chi connectivity index (χ3v) is 3.85. The van der Waals surface area contributed by atoms with E-state index >= 15 is 0 Å². The Balaban J connectivity index is 2.06. The Bertz CT molecular complexity index is 569. The predicted molar refractivity (Wildman–Crippen MR) is 93.0 cm³/mol. The van der Waals surface area contributed by atoms with Gasteiger partial charge in [0, 0.05) is 18.3 Å². The molecule has 0 saturated heterocycles. The smallest absolute Gasteiger partial charge is 0.221 e. The monoisotopic (exact) mass is 298 g/mol. The van der Waals surface area contributed by atoms with Crippen molar-refractivity contribution in [1.29, 1.82) is 0 Å². The lowest BCUT2D eigenvalue weighted by atomic mass is 9.94. The van der Waals surface area contributed by atoms with E-state index < -0.39 is 0 Å². The average molecular weight is 298 g/mol. The number of hydrogen-bond donors (Lipinski definition) is 2. The lowest BCUT2D eigenvalue weighted by molar-refractivity contribution is 0.733. The molecule has 22 heavy (non-hydrogen) atoms. The first-order valence-corrected chi connectivity index (χ1v) is 8.11. The molecule has 1 atom stereocenters. The van der Waals surface area contributed by atoms with Crippen LogP contribution in [0.2, 0.25) is 0 Å². The number of nitrogens with two attached hydrogens (primary N) is 1. The minimum Gasteiger partial charge on any atom is -0.370 e. The third kappa shape index (κ3) is 4.72. The van der Waals surface area contributed by atoms with Crippen LogP contribution in [0.4, 0.5) is 11.8 Å². The van der Waals surface area contributed by atoms with Crippen LogP contribution in [0.3, 0.4) is 0 Å². The molecular weight excluding hydrogens is 272 g/mol. The summed E-state index contributed by atoms with van der Waals surface area (Å²) < 4.78 is 0.